The van der Waals surface area contributed by atoms with E-state index in [-0.39, 0.29) is 5.92 Å². The van der Waals surface area contributed by atoms with Gasteiger partial charge in [-0.05, 0) is 12.8 Å². The van der Waals surface area contributed by atoms with Crippen LogP contribution in [-0.2, 0) is 4.79 Å². The third-order valence-electron chi connectivity index (χ3n) is 2.42. The Bertz CT molecular complexity index is 147. The molecule has 0 amide bonds. The van der Waals surface area contributed by atoms with E-state index in [1.807, 2.05) is 0 Å². The first-order valence-electron chi connectivity index (χ1n) is 4.04. The highest BCUT2D eigenvalue weighted by atomic mass is 19.1. The van der Waals surface area contributed by atoms with Crippen molar-refractivity contribution in [3.05, 3.63) is 0 Å². The summed E-state index contributed by atoms with van der Waals surface area (Å²) in [6.45, 7) is -0.475. The van der Waals surface area contributed by atoms with Crippen LogP contribution in [0.15, 0.2) is 0 Å². The lowest BCUT2D eigenvalue weighted by Crippen LogP contribution is -2.28. The van der Waals surface area contributed by atoms with Crippen LogP contribution in [0.1, 0.15) is 25.7 Å². The highest BCUT2D eigenvalue weighted by Crippen LogP contribution is 2.30. The van der Waals surface area contributed by atoms with Crippen LogP contribution >= 0.6 is 0 Å². The molecule has 64 valence electrons. The molecule has 0 saturated heterocycles. The van der Waals surface area contributed by atoms with Crippen LogP contribution in [0.4, 0.5) is 4.39 Å². The maximum Gasteiger partial charge on any atom is 0.306 e. The van der Waals surface area contributed by atoms with Crippen LogP contribution < -0.4 is 0 Å². The zero-order valence-electron chi connectivity index (χ0n) is 6.42. The fourth-order valence-electron chi connectivity index (χ4n) is 1.72. The van der Waals surface area contributed by atoms with Crippen LogP contribution in [0.2, 0.25) is 0 Å². The quantitative estimate of drug-likeness (QED) is 0.669. The molecular formula is C8H13FO2. The first-order chi connectivity index (χ1) is 5.25. The van der Waals surface area contributed by atoms with Gasteiger partial charge < -0.3 is 5.11 Å². The Hall–Kier alpha value is -0.600. The van der Waals surface area contributed by atoms with E-state index < -0.39 is 18.6 Å². The summed E-state index contributed by atoms with van der Waals surface area (Å²) in [4.78, 5) is 10.6. The van der Waals surface area contributed by atoms with Gasteiger partial charge in [-0.1, -0.05) is 12.8 Å². The Morgan fingerprint density at radius 3 is 2.55 bits per heavy atom. The molecule has 0 unspecified atom stereocenters. The van der Waals surface area contributed by atoms with Gasteiger partial charge in [-0.3, -0.25) is 9.18 Å². The van der Waals surface area contributed by atoms with E-state index in [2.05, 4.69) is 0 Å². The second-order valence-corrected chi connectivity index (χ2v) is 3.14. The average molecular weight is 160 g/mol. The van der Waals surface area contributed by atoms with E-state index in [1.54, 1.807) is 0 Å². The molecule has 1 aliphatic carbocycles. The Labute approximate surface area is 65.4 Å². The van der Waals surface area contributed by atoms with Gasteiger partial charge in [-0.25, -0.2) is 0 Å². The van der Waals surface area contributed by atoms with Crippen molar-refractivity contribution in [3.8, 4) is 0 Å². The molecule has 1 rings (SSSR count). The lowest BCUT2D eigenvalue weighted by Gasteiger charge is -2.25. The summed E-state index contributed by atoms with van der Waals surface area (Å²) in [5.41, 5.74) is 0. The number of hydrogen-bond donors (Lipinski definition) is 1. The van der Waals surface area contributed by atoms with Gasteiger partial charge in [0, 0.05) is 5.92 Å². The molecule has 3 heteroatoms. The molecule has 11 heavy (non-hydrogen) atoms. The Balaban J connectivity index is 2.51. The molecule has 0 aromatic heterocycles. The number of alkyl halides is 1. The number of aliphatic carboxylic acids is 1. The van der Waals surface area contributed by atoms with Crippen molar-refractivity contribution in [2.75, 3.05) is 6.67 Å². The fraction of sp³-hybridized carbons (Fsp3) is 0.875. The number of carbonyl (C=O) groups is 1. The molecule has 0 bridgehead atoms. The largest absolute Gasteiger partial charge is 0.481 e. The monoisotopic (exact) mass is 160 g/mol. The van der Waals surface area contributed by atoms with Crippen LogP contribution in [0.3, 0.4) is 0 Å². The van der Waals surface area contributed by atoms with Crippen molar-refractivity contribution in [3.63, 3.8) is 0 Å². The molecular weight excluding hydrogens is 147 g/mol. The molecule has 0 spiro atoms. The topological polar surface area (TPSA) is 37.3 Å². The summed E-state index contributed by atoms with van der Waals surface area (Å²) >= 11 is 0. The van der Waals surface area contributed by atoms with E-state index in [0.29, 0.717) is 6.42 Å². The van der Waals surface area contributed by atoms with Crippen molar-refractivity contribution in [2.45, 2.75) is 25.7 Å². The van der Waals surface area contributed by atoms with E-state index in [0.717, 1.165) is 19.3 Å². The third kappa shape index (κ3) is 1.91. The van der Waals surface area contributed by atoms with E-state index >= 15 is 0 Å². The minimum atomic E-state index is -0.827. The van der Waals surface area contributed by atoms with Crippen LogP contribution in [0.25, 0.3) is 0 Å². The number of carboxylic acid groups (broad SMARTS) is 1. The molecule has 1 saturated carbocycles. The summed E-state index contributed by atoms with van der Waals surface area (Å²) in [7, 11) is 0. The predicted octanol–water partition coefficient (Wildman–Crippen LogP) is 1.85. The van der Waals surface area contributed by atoms with Gasteiger partial charge >= 0.3 is 5.97 Å². The average Bonchev–Trinajstić information content (AvgIpc) is 2.04. The van der Waals surface area contributed by atoms with Crippen molar-refractivity contribution in [1.29, 1.82) is 0 Å². The van der Waals surface area contributed by atoms with Gasteiger partial charge in [0.15, 0.2) is 0 Å². The van der Waals surface area contributed by atoms with Crippen LogP contribution in [-0.4, -0.2) is 17.8 Å². The predicted molar refractivity (Wildman–Crippen MR) is 39.1 cm³/mol. The molecule has 0 aliphatic heterocycles. The Morgan fingerprint density at radius 2 is 2.09 bits per heavy atom. The second-order valence-electron chi connectivity index (χ2n) is 3.14. The number of rotatable bonds is 2. The normalized spacial score (nSPS) is 31.7. The molecule has 1 fully saturated rings. The van der Waals surface area contributed by atoms with Gasteiger partial charge in [0.2, 0.25) is 0 Å². The fourth-order valence-corrected chi connectivity index (χ4v) is 1.72. The van der Waals surface area contributed by atoms with Crippen LogP contribution in [0.5, 0.6) is 0 Å². The van der Waals surface area contributed by atoms with E-state index in [1.165, 1.54) is 0 Å². The molecule has 0 aromatic carbocycles. The van der Waals surface area contributed by atoms with E-state index in [4.69, 9.17) is 5.11 Å². The van der Waals surface area contributed by atoms with Gasteiger partial charge in [0.25, 0.3) is 0 Å². The zero-order chi connectivity index (χ0) is 8.27. The van der Waals surface area contributed by atoms with Gasteiger partial charge in [-0.2, -0.15) is 0 Å². The summed E-state index contributed by atoms with van der Waals surface area (Å²) < 4.78 is 12.2. The number of halogens is 1. The Kier molecular flexibility index (Phi) is 2.85. The standard InChI is InChI=1S/C8H13FO2/c9-5-6-3-1-2-4-7(6)8(10)11/h6-7H,1-5H2,(H,10,11)/t6-,7+/m1/s1. The van der Waals surface area contributed by atoms with Crippen molar-refractivity contribution in [1.82, 2.24) is 0 Å². The smallest absolute Gasteiger partial charge is 0.306 e. The molecule has 2 atom stereocenters. The summed E-state index contributed by atoms with van der Waals surface area (Å²) in [6, 6.07) is 0. The van der Waals surface area contributed by atoms with Crippen molar-refractivity contribution < 1.29 is 14.3 Å². The summed E-state index contributed by atoms with van der Waals surface area (Å²) in [5, 5.41) is 8.67. The highest BCUT2D eigenvalue weighted by Gasteiger charge is 2.30. The van der Waals surface area contributed by atoms with Gasteiger partial charge in [0.1, 0.15) is 0 Å². The van der Waals surface area contributed by atoms with Crippen LogP contribution in [0, 0.1) is 11.8 Å². The molecule has 1 N–H and O–H groups in total. The summed E-state index contributed by atoms with van der Waals surface area (Å²) in [5.74, 6) is -1.47. The van der Waals surface area contributed by atoms with Gasteiger partial charge in [-0.15, -0.1) is 0 Å². The summed E-state index contributed by atoms with van der Waals surface area (Å²) in [6.07, 6.45) is 3.32. The van der Waals surface area contributed by atoms with Crippen molar-refractivity contribution >= 4 is 5.97 Å². The van der Waals surface area contributed by atoms with Gasteiger partial charge in [0.05, 0.1) is 12.6 Å². The lowest BCUT2D eigenvalue weighted by molar-refractivity contribution is -0.145. The third-order valence-corrected chi connectivity index (χ3v) is 2.42. The molecule has 1 aliphatic rings. The maximum absolute atomic E-state index is 12.2. The highest BCUT2D eigenvalue weighted by molar-refractivity contribution is 5.70. The first-order valence-corrected chi connectivity index (χ1v) is 4.04. The minimum absolute atomic E-state index is 0.221. The number of hydrogen-bond acceptors (Lipinski definition) is 1. The number of carboxylic acids is 1. The van der Waals surface area contributed by atoms with E-state index in [9.17, 15) is 9.18 Å². The Morgan fingerprint density at radius 1 is 1.45 bits per heavy atom. The SMILES string of the molecule is O=C(O)[C@H]1CCCC[C@@H]1CF. The first kappa shape index (κ1) is 8.50. The second kappa shape index (κ2) is 3.69. The van der Waals surface area contributed by atoms with Crippen molar-refractivity contribution in [2.24, 2.45) is 11.8 Å². The molecule has 0 radical (unpaired) electrons. The molecule has 2 nitrogen and oxygen atoms in total. The lowest BCUT2D eigenvalue weighted by atomic mass is 9.80. The maximum atomic E-state index is 12.2. The zero-order valence-corrected chi connectivity index (χ0v) is 6.42. The molecule has 0 aromatic rings. The molecule has 0 heterocycles. The minimum Gasteiger partial charge on any atom is -0.481 e.